The number of amides is 1. The van der Waals surface area contributed by atoms with E-state index in [2.05, 4.69) is 45.6 Å². The molecule has 1 amide bonds. The first-order valence-electron chi connectivity index (χ1n) is 9.52. The second kappa shape index (κ2) is 10.4. The average molecular weight is 368 g/mol. The van der Waals surface area contributed by atoms with Gasteiger partial charge in [-0.15, -0.1) is 0 Å². The van der Waals surface area contributed by atoms with Crippen LogP contribution in [0.2, 0.25) is 0 Å². The fourth-order valence-corrected chi connectivity index (χ4v) is 2.66. The van der Waals surface area contributed by atoms with Gasteiger partial charge in [0.15, 0.2) is 5.82 Å². The molecule has 0 aliphatic rings. The highest BCUT2D eigenvalue weighted by Crippen LogP contribution is 2.29. The van der Waals surface area contributed by atoms with Gasteiger partial charge in [-0.2, -0.15) is 4.98 Å². The minimum atomic E-state index is -0.119. The summed E-state index contributed by atoms with van der Waals surface area (Å²) in [4.78, 5) is 34.3. The molecule has 2 rings (SSSR count). The highest BCUT2D eigenvalue weighted by molar-refractivity contribution is 6.07. The predicted molar refractivity (Wildman–Crippen MR) is 110 cm³/mol. The molecule has 7 nitrogen and oxygen atoms in total. The van der Waals surface area contributed by atoms with Crippen LogP contribution in [0.3, 0.4) is 0 Å². The summed E-state index contributed by atoms with van der Waals surface area (Å²) < 4.78 is 0. The van der Waals surface area contributed by atoms with Crippen molar-refractivity contribution in [2.75, 3.05) is 29.4 Å². The maximum Gasteiger partial charge on any atom is 0.258 e. The van der Waals surface area contributed by atoms with Crippen LogP contribution in [0.25, 0.3) is 0 Å². The number of anilines is 2. The lowest BCUT2D eigenvalue weighted by atomic mass is 10.2. The number of hydrogen-bond acceptors (Lipinski definition) is 6. The Hall–Kier alpha value is -2.83. The van der Waals surface area contributed by atoms with Crippen LogP contribution in [-0.4, -0.2) is 46.7 Å². The molecule has 27 heavy (non-hydrogen) atoms. The maximum absolute atomic E-state index is 13.0. The molecule has 7 heteroatoms. The molecule has 0 atom stereocenters. The molecule has 0 N–H and O–H groups in total. The number of aliphatic imine (C=N–C) groups is 1. The zero-order valence-electron chi connectivity index (χ0n) is 16.6. The van der Waals surface area contributed by atoms with Crippen molar-refractivity contribution in [2.45, 2.75) is 40.5 Å². The highest BCUT2D eigenvalue weighted by atomic mass is 16.2. The van der Waals surface area contributed by atoms with Gasteiger partial charge in [-0.1, -0.05) is 13.3 Å². The van der Waals surface area contributed by atoms with Gasteiger partial charge >= 0.3 is 0 Å². The lowest BCUT2D eigenvalue weighted by Crippen LogP contribution is -2.31. The largest absolute Gasteiger partial charge is 0.341 e. The molecule has 0 radical (unpaired) electrons. The Kier molecular flexibility index (Phi) is 7.85. The van der Waals surface area contributed by atoms with E-state index in [0.29, 0.717) is 29.6 Å². The third-order valence-electron chi connectivity index (χ3n) is 4.19. The second-order valence-corrected chi connectivity index (χ2v) is 5.94. The third kappa shape index (κ3) is 5.09. The van der Waals surface area contributed by atoms with E-state index in [0.717, 1.165) is 25.9 Å². The van der Waals surface area contributed by atoms with Crippen LogP contribution < -0.4 is 9.80 Å². The first-order chi connectivity index (χ1) is 13.2. The van der Waals surface area contributed by atoms with Crippen LogP contribution in [0.5, 0.6) is 0 Å². The number of carbonyl (C=O) groups excluding carboxylic acids is 1. The Bertz CT molecular complexity index is 758. The van der Waals surface area contributed by atoms with Crippen LogP contribution in [0.15, 0.2) is 35.7 Å². The Labute approximate surface area is 161 Å². The summed E-state index contributed by atoms with van der Waals surface area (Å²) >= 11 is 0. The van der Waals surface area contributed by atoms with E-state index in [1.807, 2.05) is 13.1 Å². The first kappa shape index (κ1) is 20.5. The van der Waals surface area contributed by atoms with Gasteiger partial charge in [0.2, 0.25) is 5.95 Å². The quantitative estimate of drug-likeness (QED) is 0.628. The number of rotatable bonds is 9. The molecule has 2 aromatic rings. The summed E-state index contributed by atoms with van der Waals surface area (Å²) in [5.41, 5.74) is 1.19. The first-order valence-corrected chi connectivity index (χ1v) is 9.52. The zero-order chi connectivity index (χ0) is 19.6. The van der Waals surface area contributed by atoms with Gasteiger partial charge in [0.25, 0.3) is 5.91 Å². The zero-order valence-corrected chi connectivity index (χ0v) is 16.6. The van der Waals surface area contributed by atoms with Crippen molar-refractivity contribution in [3.05, 3.63) is 36.3 Å². The van der Waals surface area contributed by atoms with Gasteiger partial charge in [-0.05, 0) is 39.3 Å². The molecule has 2 aromatic heterocycles. The fraction of sp³-hybridized carbons (Fsp3) is 0.450. The van der Waals surface area contributed by atoms with Crippen molar-refractivity contribution in [1.29, 1.82) is 0 Å². The Morgan fingerprint density at radius 1 is 1.11 bits per heavy atom. The van der Waals surface area contributed by atoms with Crippen LogP contribution >= 0.6 is 0 Å². The molecule has 0 spiro atoms. The predicted octanol–water partition coefficient (Wildman–Crippen LogP) is 3.89. The van der Waals surface area contributed by atoms with Crippen LogP contribution in [0, 0.1) is 0 Å². The van der Waals surface area contributed by atoms with Gasteiger partial charge in [-0.25, -0.2) is 9.98 Å². The Morgan fingerprint density at radius 2 is 1.81 bits per heavy atom. The molecule has 144 valence electrons. The number of pyridine rings is 1. The van der Waals surface area contributed by atoms with Crippen molar-refractivity contribution < 1.29 is 4.79 Å². The van der Waals surface area contributed by atoms with E-state index in [-0.39, 0.29) is 5.91 Å². The van der Waals surface area contributed by atoms with E-state index in [9.17, 15) is 4.79 Å². The summed E-state index contributed by atoms with van der Waals surface area (Å²) in [7, 11) is 0. The topological polar surface area (TPSA) is 74.6 Å². The molecule has 0 bridgehead atoms. The fourth-order valence-electron chi connectivity index (χ4n) is 2.66. The second-order valence-electron chi connectivity index (χ2n) is 5.94. The molecule has 0 unspecified atom stereocenters. The summed E-state index contributed by atoms with van der Waals surface area (Å²) in [5, 5.41) is 0. The third-order valence-corrected chi connectivity index (χ3v) is 4.19. The van der Waals surface area contributed by atoms with E-state index < -0.39 is 0 Å². The molecular formula is C20H28N6O. The minimum Gasteiger partial charge on any atom is -0.341 e. The summed E-state index contributed by atoms with van der Waals surface area (Å²) in [6, 6.07) is 3.41. The number of hydrogen-bond donors (Lipinski definition) is 0. The summed E-state index contributed by atoms with van der Waals surface area (Å²) in [6.45, 7) is 10.3. The van der Waals surface area contributed by atoms with Crippen molar-refractivity contribution in [1.82, 2.24) is 15.0 Å². The van der Waals surface area contributed by atoms with Crippen molar-refractivity contribution in [2.24, 2.45) is 4.99 Å². The van der Waals surface area contributed by atoms with E-state index in [4.69, 9.17) is 0 Å². The smallest absolute Gasteiger partial charge is 0.258 e. The molecule has 0 saturated heterocycles. The minimum absolute atomic E-state index is 0.119. The summed E-state index contributed by atoms with van der Waals surface area (Å²) in [6.07, 6.45) is 8.63. The van der Waals surface area contributed by atoms with Crippen molar-refractivity contribution in [3.8, 4) is 0 Å². The van der Waals surface area contributed by atoms with Crippen molar-refractivity contribution in [3.63, 3.8) is 0 Å². The van der Waals surface area contributed by atoms with Gasteiger partial charge in [0.1, 0.15) is 5.69 Å². The molecule has 2 heterocycles. The number of unbranched alkanes of at least 4 members (excludes halogenated alkanes) is 1. The van der Waals surface area contributed by atoms with E-state index in [1.165, 1.54) is 0 Å². The maximum atomic E-state index is 13.0. The van der Waals surface area contributed by atoms with Crippen LogP contribution in [0.4, 0.5) is 17.5 Å². The standard InChI is InChI=1S/C20H28N6O/c1-5-9-12-22-18-17(15-23-20(24-18)25(6-2)7-3)26(8-4)19(27)16-10-13-21-14-11-16/h10-15H,5-9H2,1-4H3. The molecule has 0 aromatic carbocycles. The molecule has 0 aliphatic heterocycles. The average Bonchev–Trinajstić information content (AvgIpc) is 2.71. The SMILES string of the molecule is CCCC=Nc1nc(N(CC)CC)ncc1N(CC)C(=O)c1ccncc1. The number of carbonyl (C=O) groups is 1. The number of aromatic nitrogens is 3. The molecule has 0 aliphatic carbocycles. The molecule has 0 fully saturated rings. The van der Waals surface area contributed by atoms with Gasteiger partial charge < -0.3 is 9.80 Å². The summed E-state index contributed by atoms with van der Waals surface area (Å²) in [5.74, 6) is 1.02. The normalized spacial score (nSPS) is 11.0. The van der Waals surface area contributed by atoms with E-state index >= 15 is 0 Å². The number of nitrogens with zero attached hydrogens (tertiary/aromatic N) is 6. The Balaban J connectivity index is 2.46. The van der Waals surface area contributed by atoms with Gasteiger partial charge in [-0.3, -0.25) is 9.78 Å². The molecular weight excluding hydrogens is 340 g/mol. The lowest BCUT2D eigenvalue weighted by molar-refractivity contribution is 0.0988. The highest BCUT2D eigenvalue weighted by Gasteiger charge is 2.21. The monoisotopic (exact) mass is 368 g/mol. The van der Waals surface area contributed by atoms with Crippen molar-refractivity contribution >= 4 is 29.6 Å². The Morgan fingerprint density at radius 3 is 2.41 bits per heavy atom. The van der Waals surface area contributed by atoms with E-state index in [1.54, 1.807) is 35.6 Å². The van der Waals surface area contributed by atoms with Crippen LogP contribution in [0.1, 0.15) is 50.9 Å². The van der Waals surface area contributed by atoms with Crippen LogP contribution in [-0.2, 0) is 0 Å². The van der Waals surface area contributed by atoms with Gasteiger partial charge in [0.05, 0.1) is 6.20 Å². The molecule has 0 saturated carbocycles. The lowest BCUT2D eigenvalue weighted by Gasteiger charge is -2.24. The van der Waals surface area contributed by atoms with Gasteiger partial charge in [0, 0.05) is 43.8 Å².